The van der Waals surface area contributed by atoms with Crippen LogP contribution < -0.4 is 6.25 Å². The molecule has 0 amide bonds. The van der Waals surface area contributed by atoms with E-state index in [1.807, 2.05) is 0 Å². The summed E-state index contributed by atoms with van der Waals surface area (Å²) in [6.45, 7) is 1.08. The molecule has 0 fully saturated rings. The van der Waals surface area contributed by atoms with Crippen LogP contribution in [0.1, 0.15) is 6.92 Å². The predicted octanol–water partition coefficient (Wildman–Crippen LogP) is 1.43. The van der Waals surface area contributed by atoms with E-state index in [-0.39, 0.29) is 0 Å². The third-order valence-electron chi connectivity index (χ3n) is 1.93. The van der Waals surface area contributed by atoms with Crippen molar-refractivity contribution < 1.29 is 9.90 Å². The van der Waals surface area contributed by atoms with Gasteiger partial charge >= 0.3 is 91.1 Å². The van der Waals surface area contributed by atoms with Gasteiger partial charge in [-0.3, -0.25) is 4.79 Å². The van der Waals surface area contributed by atoms with E-state index < -0.39 is 30.2 Å². The first-order valence-corrected chi connectivity index (χ1v) is 9.82. The average Bonchev–Trinajstić information content (AvgIpc) is 2.31. The molecule has 2 aromatic rings. The van der Waals surface area contributed by atoms with Crippen LogP contribution in [0.2, 0.25) is 0 Å². The van der Waals surface area contributed by atoms with Crippen LogP contribution in [-0.2, 0) is 4.79 Å². The van der Waals surface area contributed by atoms with Crippen LogP contribution in [0.4, 0.5) is 0 Å². The van der Waals surface area contributed by atoms with Crippen molar-refractivity contribution in [2.75, 3.05) is 0 Å². The molecule has 0 radical (unpaired) electrons. The standard InChI is InChI=1S/2C6H5.C2H4O2.Tl/c2*1-2-4-6-5-3-1;1-2(3)4;/h2*1-5H;1H3,(H,3,4);. The molecule has 1 N–H and O–H groups in total. The summed E-state index contributed by atoms with van der Waals surface area (Å²) in [6.07, 6.45) is 0. The molecule has 0 aliphatic heterocycles. The zero-order valence-electron chi connectivity index (χ0n) is 9.71. The number of carboxylic acids is 1. The molecule has 2 aromatic carbocycles. The van der Waals surface area contributed by atoms with Crippen LogP contribution in [0.5, 0.6) is 0 Å². The molecule has 2 rings (SSSR count). The van der Waals surface area contributed by atoms with Crippen LogP contribution >= 0.6 is 0 Å². The SMILES string of the molecule is CC(=O)O.c1cc[c]([Tl][c]2ccccc2)cc1. The van der Waals surface area contributed by atoms with Gasteiger partial charge in [-0.2, -0.15) is 0 Å². The van der Waals surface area contributed by atoms with E-state index in [9.17, 15) is 0 Å². The van der Waals surface area contributed by atoms with Crippen molar-refractivity contribution in [1.29, 1.82) is 0 Å². The Morgan fingerprint density at radius 1 is 0.882 bits per heavy atom. The van der Waals surface area contributed by atoms with Gasteiger partial charge in [-0.05, 0) is 0 Å². The molecule has 0 atom stereocenters. The van der Waals surface area contributed by atoms with E-state index in [1.54, 1.807) is 6.25 Å². The second-order valence-corrected chi connectivity index (χ2v) is 9.79. The normalized spacial score (nSPS) is 8.53. The number of hydrogen-bond acceptors (Lipinski definition) is 1. The first-order chi connectivity index (χ1) is 8.18. The molecule has 0 aliphatic rings. The van der Waals surface area contributed by atoms with Crippen molar-refractivity contribution >= 4 is 36.5 Å². The molecule has 0 saturated carbocycles. The van der Waals surface area contributed by atoms with Gasteiger partial charge in [0.2, 0.25) is 0 Å². The van der Waals surface area contributed by atoms with E-state index in [0.29, 0.717) is 0 Å². The molecule has 0 aliphatic carbocycles. The Bertz CT molecular complexity index is 399. The Morgan fingerprint density at radius 3 is 1.47 bits per heavy atom. The Morgan fingerprint density at radius 2 is 1.18 bits per heavy atom. The van der Waals surface area contributed by atoms with Crippen molar-refractivity contribution in [3.05, 3.63) is 60.7 Å². The second-order valence-electron chi connectivity index (χ2n) is 3.48. The molecule has 0 spiro atoms. The first-order valence-electron chi connectivity index (χ1n) is 5.33. The van der Waals surface area contributed by atoms with Crippen LogP contribution in [0, 0.1) is 0 Å². The van der Waals surface area contributed by atoms with Gasteiger partial charge in [0.1, 0.15) is 0 Å². The summed E-state index contributed by atoms with van der Waals surface area (Å²) in [6, 6.07) is 21.7. The molecule has 85 valence electrons. The number of hydrogen-bond donors (Lipinski definition) is 1. The zero-order valence-corrected chi connectivity index (χ0v) is 14.2. The van der Waals surface area contributed by atoms with Gasteiger partial charge in [0.15, 0.2) is 0 Å². The van der Waals surface area contributed by atoms with Crippen molar-refractivity contribution in [3.8, 4) is 0 Å². The topological polar surface area (TPSA) is 37.3 Å². The van der Waals surface area contributed by atoms with Gasteiger partial charge in [-0.1, -0.05) is 0 Å². The number of benzene rings is 2. The summed E-state index contributed by atoms with van der Waals surface area (Å²) >= 11 is -0.866. The van der Waals surface area contributed by atoms with Gasteiger partial charge in [0.05, 0.1) is 0 Å². The molecule has 17 heavy (non-hydrogen) atoms. The summed E-state index contributed by atoms with van der Waals surface area (Å²) in [4.78, 5) is 9.00. The fraction of sp³-hybridized carbons (Fsp3) is 0.0714. The first kappa shape index (κ1) is 13.9. The zero-order chi connectivity index (χ0) is 12.5. The van der Waals surface area contributed by atoms with Crippen molar-refractivity contribution in [3.63, 3.8) is 0 Å². The average molecular weight is 419 g/mol. The third kappa shape index (κ3) is 6.89. The monoisotopic (exact) mass is 419 g/mol. The van der Waals surface area contributed by atoms with Crippen LogP contribution in [0.25, 0.3) is 0 Å². The number of carboxylic acid groups (broad SMARTS) is 1. The van der Waals surface area contributed by atoms with Gasteiger partial charge in [0.25, 0.3) is 5.97 Å². The Kier molecular flexibility index (Phi) is 6.54. The van der Waals surface area contributed by atoms with Crippen molar-refractivity contribution in [2.24, 2.45) is 0 Å². The quantitative estimate of drug-likeness (QED) is 0.750. The number of rotatable bonds is 2. The maximum atomic E-state index is 9.00. The Hall–Kier alpha value is -1.17. The molecule has 0 bridgehead atoms. The minimum absolute atomic E-state index is 0.833. The van der Waals surface area contributed by atoms with Crippen LogP contribution in [-0.4, -0.2) is 35.3 Å². The third-order valence-corrected chi connectivity index (χ3v) is 7.52. The molecular weight excluding hydrogens is 405 g/mol. The summed E-state index contributed by atoms with van der Waals surface area (Å²) < 4.78 is 3.16. The van der Waals surface area contributed by atoms with Crippen molar-refractivity contribution in [1.82, 2.24) is 0 Å². The Balaban J connectivity index is 0.000000317. The summed E-state index contributed by atoms with van der Waals surface area (Å²) in [7, 11) is 0. The van der Waals surface area contributed by atoms with E-state index in [4.69, 9.17) is 9.90 Å². The maximum absolute atomic E-state index is 9.00. The minimum atomic E-state index is -0.866. The molecule has 0 aromatic heterocycles. The van der Waals surface area contributed by atoms with Gasteiger partial charge in [-0.15, -0.1) is 0 Å². The van der Waals surface area contributed by atoms with Gasteiger partial charge in [-0.25, -0.2) is 0 Å². The van der Waals surface area contributed by atoms with Gasteiger partial charge in [0, 0.05) is 6.92 Å². The predicted molar refractivity (Wildman–Crippen MR) is 71.2 cm³/mol. The summed E-state index contributed by atoms with van der Waals surface area (Å²) in [5.41, 5.74) is 0. The Labute approximate surface area is 114 Å². The van der Waals surface area contributed by atoms with E-state index in [0.717, 1.165) is 6.92 Å². The van der Waals surface area contributed by atoms with Gasteiger partial charge < -0.3 is 5.11 Å². The second kappa shape index (κ2) is 8.00. The number of carbonyl (C=O) groups is 1. The van der Waals surface area contributed by atoms with E-state index in [1.165, 1.54) is 0 Å². The fourth-order valence-electron chi connectivity index (χ4n) is 1.29. The van der Waals surface area contributed by atoms with Crippen LogP contribution in [0.15, 0.2) is 60.7 Å². The molecule has 0 unspecified atom stereocenters. The summed E-state index contributed by atoms with van der Waals surface area (Å²) in [5, 5.41) is 7.42. The molecule has 3 heteroatoms. The molecular formula is C14H14O2Tl. The molecule has 0 heterocycles. The van der Waals surface area contributed by atoms with Crippen molar-refractivity contribution in [2.45, 2.75) is 6.92 Å². The fourth-order valence-corrected chi connectivity index (χ4v) is 6.01. The van der Waals surface area contributed by atoms with E-state index >= 15 is 0 Å². The molecule has 2 nitrogen and oxygen atoms in total. The summed E-state index contributed by atoms with van der Waals surface area (Å²) in [5.74, 6) is -0.833. The molecule has 0 saturated heterocycles. The van der Waals surface area contributed by atoms with E-state index in [2.05, 4.69) is 60.7 Å². The number of aliphatic carboxylic acids is 1. The van der Waals surface area contributed by atoms with Crippen LogP contribution in [0.3, 0.4) is 0 Å².